The van der Waals surface area contributed by atoms with Crippen molar-refractivity contribution in [3.05, 3.63) is 52.8 Å². The van der Waals surface area contributed by atoms with Crippen LogP contribution in [0.4, 0.5) is 13.2 Å². The van der Waals surface area contributed by atoms with Crippen molar-refractivity contribution in [1.29, 1.82) is 0 Å². The first-order chi connectivity index (χ1) is 11.1. The van der Waals surface area contributed by atoms with Gasteiger partial charge in [0.25, 0.3) is 5.91 Å². The van der Waals surface area contributed by atoms with Gasteiger partial charge in [-0.05, 0) is 17.7 Å². The molecule has 9 heteroatoms. The van der Waals surface area contributed by atoms with E-state index in [0.29, 0.717) is 0 Å². The summed E-state index contributed by atoms with van der Waals surface area (Å²) in [6, 6.07) is 4.60. The van der Waals surface area contributed by atoms with Crippen molar-refractivity contribution in [1.82, 2.24) is 14.7 Å². The molecule has 6 nitrogen and oxygen atoms in total. The minimum absolute atomic E-state index is 0.104. The van der Waals surface area contributed by atoms with E-state index in [1.54, 1.807) is 0 Å². The number of hydrogen-bond donors (Lipinski definition) is 1. The highest BCUT2D eigenvalue weighted by atomic mass is 19.4. The van der Waals surface area contributed by atoms with E-state index in [9.17, 15) is 22.8 Å². The summed E-state index contributed by atoms with van der Waals surface area (Å²) in [5, 5.41) is 12.8. The molecule has 1 N–H and O–H groups in total. The smallest absolute Gasteiger partial charge is 0.416 e. The molecule has 0 aliphatic rings. The van der Waals surface area contributed by atoms with Crippen LogP contribution in [0.5, 0.6) is 0 Å². The molecule has 2 aromatic rings. The zero-order valence-corrected chi connectivity index (χ0v) is 12.8. The van der Waals surface area contributed by atoms with Crippen molar-refractivity contribution >= 4 is 11.9 Å². The molecular formula is C15H14F3N3O3. The SMILES string of the molecule is CN(Cc1cccc(C(F)(F)F)c1)C(=O)c1c(C(=O)O)cnn1C. The Balaban J connectivity index is 2.25. The Morgan fingerprint density at radius 3 is 2.58 bits per heavy atom. The number of carbonyl (C=O) groups is 2. The number of amides is 1. The van der Waals surface area contributed by atoms with E-state index in [-0.39, 0.29) is 23.4 Å². The van der Waals surface area contributed by atoms with Crippen molar-refractivity contribution in [3.8, 4) is 0 Å². The number of carboxylic acid groups (broad SMARTS) is 1. The fraction of sp³-hybridized carbons (Fsp3) is 0.267. The van der Waals surface area contributed by atoms with Gasteiger partial charge in [0.15, 0.2) is 0 Å². The van der Waals surface area contributed by atoms with Gasteiger partial charge in [0.2, 0.25) is 0 Å². The molecule has 0 aliphatic heterocycles. The molecule has 1 aromatic carbocycles. The number of halogens is 3. The van der Waals surface area contributed by atoms with Gasteiger partial charge in [-0.1, -0.05) is 12.1 Å². The molecule has 2 rings (SSSR count). The number of rotatable bonds is 4. The standard InChI is InChI=1S/C15H14F3N3O3/c1-20(8-9-4-3-5-10(6-9)15(16,17)18)13(22)12-11(14(23)24)7-19-21(12)2/h3-7H,8H2,1-2H3,(H,23,24). The number of aromatic nitrogens is 2. The summed E-state index contributed by atoms with van der Waals surface area (Å²) in [4.78, 5) is 24.7. The molecule has 0 bridgehead atoms. The number of alkyl halides is 3. The van der Waals surface area contributed by atoms with Crippen LogP contribution in [0, 0.1) is 0 Å². The highest BCUT2D eigenvalue weighted by Gasteiger charge is 2.30. The predicted molar refractivity (Wildman–Crippen MR) is 77.4 cm³/mol. The second kappa shape index (κ2) is 6.34. The molecule has 1 heterocycles. The largest absolute Gasteiger partial charge is 0.478 e. The average molecular weight is 341 g/mol. The molecule has 1 aromatic heterocycles. The van der Waals surface area contributed by atoms with Crippen molar-refractivity contribution in [2.75, 3.05) is 7.05 Å². The Bertz CT molecular complexity index is 784. The van der Waals surface area contributed by atoms with Gasteiger partial charge in [0.05, 0.1) is 11.8 Å². The molecule has 128 valence electrons. The van der Waals surface area contributed by atoms with Crippen LogP contribution in [-0.2, 0) is 19.8 Å². The molecule has 0 fully saturated rings. The summed E-state index contributed by atoms with van der Waals surface area (Å²) in [6.45, 7) is -0.104. The molecule has 0 atom stereocenters. The lowest BCUT2D eigenvalue weighted by Gasteiger charge is -2.18. The normalized spacial score (nSPS) is 11.4. The molecule has 0 unspecified atom stereocenters. The number of aryl methyl sites for hydroxylation is 1. The van der Waals surface area contributed by atoms with Crippen LogP contribution in [0.1, 0.15) is 32.0 Å². The summed E-state index contributed by atoms with van der Waals surface area (Å²) in [6.07, 6.45) is -3.43. The molecule has 0 aliphatic carbocycles. The van der Waals surface area contributed by atoms with E-state index in [0.717, 1.165) is 27.9 Å². The molecular weight excluding hydrogens is 327 g/mol. The number of hydrogen-bond acceptors (Lipinski definition) is 3. The van der Waals surface area contributed by atoms with Gasteiger partial charge in [-0.2, -0.15) is 18.3 Å². The van der Waals surface area contributed by atoms with Crippen LogP contribution < -0.4 is 0 Å². The molecule has 1 amide bonds. The lowest BCUT2D eigenvalue weighted by Crippen LogP contribution is -2.29. The fourth-order valence-electron chi connectivity index (χ4n) is 2.22. The topological polar surface area (TPSA) is 75.4 Å². The second-order valence-electron chi connectivity index (χ2n) is 5.19. The Morgan fingerprint density at radius 1 is 1.33 bits per heavy atom. The minimum atomic E-state index is -4.48. The highest BCUT2D eigenvalue weighted by molar-refractivity contribution is 6.03. The van der Waals surface area contributed by atoms with Gasteiger partial charge in [-0.3, -0.25) is 9.48 Å². The number of aromatic carboxylic acids is 1. The van der Waals surface area contributed by atoms with Gasteiger partial charge in [0.1, 0.15) is 11.3 Å². The molecule has 0 saturated heterocycles. The van der Waals surface area contributed by atoms with E-state index < -0.39 is 23.6 Å². The average Bonchev–Trinajstić information content (AvgIpc) is 2.87. The molecule has 0 radical (unpaired) electrons. The summed E-state index contributed by atoms with van der Waals surface area (Å²) in [7, 11) is 2.79. The maximum Gasteiger partial charge on any atom is 0.416 e. The van der Waals surface area contributed by atoms with Gasteiger partial charge in [-0.25, -0.2) is 4.79 Å². The summed E-state index contributed by atoms with van der Waals surface area (Å²) >= 11 is 0. The summed E-state index contributed by atoms with van der Waals surface area (Å²) in [5.41, 5.74) is -0.942. The fourth-order valence-corrected chi connectivity index (χ4v) is 2.22. The first-order valence-corrected chi connectivity index (χ1v) is 6.78. The Hall–Kier alpha value is -2.84. The van der Waals surface area contributed by atoms with Gasteiger partial charge < -0.3 is 10.0 Å². The first kappa shape index (κ1) is 17.5. The zero-order valence-electron chi connectivity index (χ0n) is 12.8. The molecule has 0 spiro atoms. The van der Waals surface area contributed by atoms with Gasteiger partial charge in [-0.15, -0.1) is 0 Å². The van der Waals surface area contributed by atoms with Crippen molar-refractivity contribution < 1.29 is 27.9 Å². The Kier molecular flexibility index (Phi) is 4.63. The van der Waals surface area contributed by atoms with Crippen molar-refractivity contribution in [3.63, 3.8) is 0 Å². The van der Waals surface area contributed by atoms with Crippen LogP contribution in [0.2, 0.25) is 0 Å². The lowest BCUT2D eigenvalue weighted by atomic mass is 10.1. The van der Waals surface area contributed by atoms with Gasteiger partial charge in [0, 0.05) is 20.6 Å². The van der Waals surface area contributed by atoms with Crippen LogP contribution in [0.3, 0.4) is 0 Å². The molecule has 0 saturated carbocycles. The van der Waals surface area contributed by atoms with Crippen LogP contribution in [0.25, 0.3) is 0 Å². The van der Waals surface area contributed by atoms with Crippen molar-refractivity contribution in [2.45, 2.75) is 12.7 Å². The van der Waals surface area contributed by atoms with Crippen LogP contribution in [-0.4, -0.2) is 38.7 Å². The minimum Gasteiger partial charge on any atom is -0.478 e. The summed E-state index contributed by atoms with van der Waals surface area (Å²) in [5.74, 6) is -1.95. The second-order valence-corrected chi connectivity index (χ2v) is 5.19. The third-order valence-corrected chi connectivity index (χ3v) is 3.39. The Labute approximate surface area is 135 Å². The van der Waals surface area contributed by atoms with E-state index in [2.05, 4.69) is 5.10 Å². The quantitative estimate of drug-likeness (QED) is 0.927. The van der Waals surface area contributed by atoms with E-state index in [1.165, 1.54) is 26.2 Å². The zero-order chi connectivity index (χ0) is 18.1. The summed E-state index contributed by atoms with van der Waals surface area (Å²) < 4.78 is 39.3. The van der Waals surface area contributed by atoms with E-state index in [4.69, 9.17) is 5.11 Å². The third-order valence-electron chi connectivity index (χ3n) is 3.39. The third kappa shape index (κ3) is 3.55. The number of carboxylic acids is 1. The van der Waals surface area contributed by atoms with E-state index in [1.807, 2.05) is 0 Å². The number of benzene rings is 1. The van der Waals surface area contributed by atoms with Crippen LogP contribution in [0.15, 0.2) is 30.5 Å². The van der Waals surface area contributed by atoms with Gasteiger partial charge >= 0.3 is 12.1 Å². The number of nitrogens with zero attached hydrogens (tertiary/aromatic N) is 3. The lowest BCUT2D eigenvalue weighted by molar-refractivity contribution is -0.137. The maximum absolute atomic E-state index is 12.7. The Morgan fingerprint density at radius 2 is 2.00 bits per heavy atom. The monoisotopic (exact) mass is 341 g/mol. The highest BCUT2D eigenvalue weighted by Crippen LogP contribution is 2.29. The first-order valence-electron chi connectivity index (χ1n) is 6.78. The van der Waals surface area contributed by atoms with E-state index >= 15 is 0 Å². The van der Waals surface area contributed by atoms with Crippen molar-refractivity contribution in [2.24, 2.45) is 7.05 Å². The molecule has 24 heavy (non-hydrogen) atoms. The number of carbonyl (C=O) groups excluding carboxylic acids is 1. The maximum atomic E-state index is 12.7. The van der Waals surface area contributed by atoms with Crippen LogP contribution >= 0.6 is 0 Å². The predicted octanol–water partition coefficient (Wildman–Crippen LogP) is 2.41.